The highest BCUT2D eigenvalue weighted by atomic mass is 19.1. The van der Waals surface area contributed by atoms with Crippen LogP contribution >= 0.6 is 0 Å². The molecule has 0 aliphatic carbocycles. The van der Waals surface area contributed by atoms with Crippen molar-refractivity contribution in [1.29, 1.82) is 0 Å². The van der Waals surface area contributed by atoms with Crippen molar-refractivity contribution in [3.05, 3.63) is 78.2 Å². The van der Waals surface area contributed by atoms with Crippen LogP contribution in [0.15, 0.2) is 66.9 Å². The van der Waals surface area contributed by atoms with Crippen molar-refractivity contribution in [1.82, 2.24) is 14.6 Å². The monoisotopic (exact) mass is 551 g/mol. The molecule has 0 aliphatic rings. The molecule has 0 unspecified atom stereocenters. The molecule has 0 aliphatic heterocycles. The first-order valence-corrected chi connectivity index (χ1v) is 12.9. The molecule has 4 rings (SSSR count). The zero-order valence-electron chi connectivity index (χ0n) is 22.5. The van der Waals surface area contributed by atoms with Gasteiger partial charge in [-0.05, 0) is 80.8 Å². The Labute approximate surface area is 231 Å². The van der Waals surface area contributed by atoms with E-state index < -0.39 is 11.9 Å². The number of halogens is 1. The van der Waals surface area contributed by atoms with Crippen LogP contribution in [0, 0.1) is 5.82 Å². The van der Waals surface area contributed by atoms with Gasteiger partial charge in [-0.1, -0.05) is 12.1 Å². The molecule has 0 fully saturated rings. The fourth-order valence-electron chi connectivity index (χ4n) is 3.73. The summed E-state index contributed by atoms with van der Waals surface area (Å²) in [4.78, 5) is 24.2. The molecular formula is C29H34FN5O5. The second-order valence-corrected chi connectivity index (χ2v) is 9.36. The topological polar surface area (TPSA) is 152 Å². The van der Waals surface area contributed by atoms with Gasteiger partial charge in [0.15, 0.2) is 5.65 Å². The standard InChI is InChI=1S/C23H24FN5O.C6H10O4/c1-15(25)14-30-20-8-6-17(7-9-20)21-13-26-23-11-10-22(28-29(21)23)27-16(2)18-4-3-5-19(24)12-18;7-5(8)3-1-2-4-6(9)10/h3-13,15-16H,14,25H2,1-2H3,(H,27,28);1-4H2,(H,7,8)(H,9,10)/t15-,16-;/m1./s1. The minimum absolute atomic E-state index is 0.0201. The number of hydrogen-bond acceptors (Lipinski definition) is 7. The minimum Gasteiger partial charge on any atom is -0.492 e. The number of carboxylic acid groups (broad SMARTS) is 2. The van der Waals surface area contributed by atoms with E-state index >= 15 is 0 Å². The van der Waals surface area contributed by atoms with Crippen molar-refractivity contribution < 1.29 is 28.9 Å². The van der Waals surface area contributed by atoms with Crippen molar-refractivity contribution in [2.45, 2.75) is 51.6 Å². The average molecular weight is 552 g/mol. The molecule has 0 saturated carbocycles. The molecule has 2 aromatic carbocycles. The number of carbonyl (C=O) groups is 2. The first-order chi connectivity index (χ1) is 19.1. The number of fused-ring (bicyclic) bond motifs is 1. The molecule has 10 nitrogen and oxygen atoms in total. The number of benzene rings is 2. The maximum Gasteiger partial charge on any atom is 0.303 e. The number of carboxylic acids is 2. The first kappa shape index (κ1) is 30.0. The summed E-state index contributed by atoms with van der Waals surface area (Å²) in [6, 6.07) is 18.0. The van der Waals surface area contributed by atoms with Gasteiger partial charge < -0.3 is 26.0 Å². The van der Waals surface area contributed by atoms with Gasteiger partial charge in [0.2, 0.25) is 0 Å². The second-order valence-electron chi connectivity index (χ2n) is 9.36. The number of unbranched alkanes of at least 4 members (excludes halogenated alkanes) is 1. The van der Waals surface area contributed by atoms with E-state index in [0.717, 1.165) is 28.2 Å². The van der Waals surface area contributed by atoms with Gasteiger partial charge in [0.25, 0.3) is 0 Å². The van der Waals surface area contributed by atoms with E-state index in [2.05, 4.69) is 15.4 Å². The Bertz CT molecular complexity index is 1390. The number of nitrogens with one attached hydrogen (secondary N) is 1. The Morgan fingerprint density at radius 1 is 1.02 bits per heavy atom. The maximum atomic E-state index is 13.5. The van der Waals surface area contributed by atoms with Crippen LogP contribution in [-0.4, -0.2) is 49.4 Å². The van der Waals surface area contributed by atoms with Crippen LogP contribution in [-0.2, 0) is 9.59 Å². The molecule has 0 amide bonds. The third kappa shape index (κ3) is 9.35. The summed E-state index contributed by atoms with van der Waals surface area (Å²) < 4.78 is 20.9. The predicted octanol–water partition coefficient (Wildman–Crippen LogP) is 5.15. The average Bonchev–Trinajstić information content (AvgIpc) is 3.34. The van der Waals surface area contributed by atoms with Crippen molar-refractivity contribution in [2.24, 2.45) is 5.73 Å². The smallest absolute Gasteiger partial charge is 0.303 e. The van der Waals surface area contributed by atoms with E-state index in [1.54, 1.807) is 16.8 Å². The summed E-state index contributed by atoms with van der Waals surface area (Å²) in [5.74, 6) is -0.551. The molecule has 0 bridgehead atoms. The summed E-state index contributed by atoms with van der Waals surface area (Å²) in [7, 11) is 0. The third-order valence-electron chi connectivity index (χ3n) is 5.77. The number of anilines is 1. The van der Waals surface area contributed by atoms with Crippen molar-refractivity contribution in [2.75, 3.05) is 11.9 Å². The van der Waals surface area contributed by atoms with Crippen LogP contribution in [0.25, 0.3) is 16.9 Å². The van der Waals surface area contributed by atoms with E-state index in [1.807, 2.05) is 56.3 Å². The zero-order chi connectivity index (χ0) is 29.1. The summed E-state index contributed by atoms with van der Waals surface area (Å²) in [6.45, 7) is 4.34. The lowest BCUT2D eigenvalue weighted by atomic mass is 10.1. The SMILES string of the molecule is C[C@@H](N)COc1ccc(-c2cnc3ccc(N[C@H](C)c4cccc(F)c4)nn23)cc1.O=C(O)CCCCC(=O)O. The number of aliphatic carboxylic acids is 2. The fraction of sp³-hybridized carbons (Fsp3) is 0.310. The minimum atomic E-state index is -0.870. The number of nitrogens with zero attached hydrogens (tertiary/aromatic N) is 3. The van der Waals surface area contributed by atoms with E-state index in [1.165, 1.54) is 12.1 Å². The summed E-state index contributed by atoms with van der Waals surface area (Å²) in [5.41, 5.74) is 9.16. The molecule has 212 valence electrons. The normalized spacial score (nSPS) is 12.2. The number of rotatable bonds is 12. The van der Waals surface area contributed by atoms with Crippen LogP contribution in [0.3, 0.4) is 0 Å². The number of imidazole rings is 1. The van der Waals surface area contributed by atoms with Gasteiger partial charge in [-0.15, -0.1) is 5.10 Å². The van der Waals surface area contributed by atoms with Gasteiger partial charge in [0.05, 0.1) is 17.9 Å². The van der Waals surface area contributed by atoms with Crippen LogP contribution in [0.2, 0.25) is 0 Å². The largest absolute Gasteiger partial charge is 0.492 e. The van der Waals surface area contributed by atoms with Crippen molar-refractivity contribution >= 4 is 23.4 Å². The molecule has 40 heavy (non-hydrogen) atoms. The second kappa shape index (κ2) is 14.6. The molecule has 2 aromatic heterocycles. The first-order valence-electron chi connectivity index (χ1n) is 12.9. The van der Waals surface area contributed by atoms with Crippen molar-refractivity contribution in [3.63, 3.8) is 0 Å². The van der Waals surface area contributed by atoms with Gasteiger partial charge in [-0.2, -0.15) is 0 Å². The van der Waals surface area contributed by atoms with Gasteiger partial charge in [-0.25, -0.2) is 13.9 Å². The lowest BCUT2D eigenvalue weighted by Crippen LogP contribution is -2.23. The predicted molar refractivity (Wildman–Crippen MR) is 150 cm³/mol. The Morgan fingerprint density at radius 3 is 2.30 bits per heavy atom. The maximum absolute atomic E-state index is 13.5. The van der Waals surface area contributed by atoms with Crippen LogP contribution in [0.1, 0.15) is 51.1 Å². The van der Waals surface area contributed by atoms with E-state index in [-0.39, 0.29) is 30.7 Å². The zero-order valence-corrected chi connectivity index (χ0v) is 22.5. The molecule has 0 spiro atoms. The van der Waals surface area contributed by atoms with E-state index in [0.29, 0.717) is 25.3 Å². The van der Waals surface area contributed by atoms with Gasteiger partial charge >= 0.3 is 11.9 Å². The summed E-state index contributed by atoms with van der Waals surface area (Å²) in [6.07, 6.45) is 2.81. The Morgan fingerprint density at radius 2 is 1.70 bits per heavy atom. The van der Waals surface area contributed by atoms with E-state index in [9.17, 15) is 14.0 Å². The van der Waals surface area contributed by atoms with E-state index in [4.69, 9.17) is 20.7 Å². The Hall–Kier alpha value is -4.51. The molecule has 2 atom stereocenters. The Kier molecular flexibility index (Phi) is 11.0. The lowest BCUT2D eigenvalue weighted by molar-refractivity contribution is -0.139. The number of nitrogens with two attached hydrogens (primary N) is 1. The highest BCUT2D eigenvalue weighted by Gasteiger charge is 2.11. The molecule has 4 aromatic rings. The number of ether oxygens (including phenoxy) is 1. The quantitative estimate of drug-likeness (QED) is 0.175. The van der Waals surface area contributed by atoms with Crippen LogP contribution < -0.4 is 15.8 Å². The lowest BCUT2D eigenvalue weighted by Gasteiger charge is -2.15. The third-order valence-corrected chi connectivity index (χ3v) is 5.77. The summed E-state index contributed by atoms with van der Waals surface area (Å²) >= 11 is 0. The summed E-state index contributed by atoms with van der Waals surface area (Å²) in [5, 5.41) is 24.3. The highest BCUT2D eigenvalue weighted by Crippen LogP contribution is 2.25. The van der Waals surface area contributed by atoms with Crippen LogP contribution in [0.4, 0.5) is 10.2 Å². The van der Waals surface area contributed by atoms with Crippen LogP contribution in [0.5, 0.6) is 5.75 Å². The van der Waals surface area contributed by atoms with Gasteiger partial charge in [-0.3, -0.25) is 9.59 Å². The molecule has 11 heteroatoms. The molecule has 0 radical (unpaired) electrons. The molecule has 2 heterocycles. The van der Waals surface area contributed by atoms with Gasteiger partial charge in [0.1, 0.15) is 24.0 Å². The molecular weight excluding hydrogens is 517 g/mol. The van der Waals surface area contributed by atoms with Crippen molar-refractivity contribution in [3.8, 4) is 17.0 Å². The molecule has 5 N–H and O–H groups in total. The highest BCUT2D eigenvalue weighted by molar-refractivity contribution is 5.68. The molecule has 0 saturated heterocycles. The Balaban J connectivity index is 0.000000378. The fourth-order valence-corrected chi connectivity index (χ4v) is 3.73. The number of hydrogen-bond donors (Lipinski definition) is 4. The number of aromatic nitrogens is 3. The van der Waals surface area contributed by atoms with Gasteiger partial charge in [0, 0.05) is 24.4 Å².